The Morgan fingerprint density at radius 1 is 1.29 bits per heavy atom. The van der Waals surface area contributed by atoms with Crippen LogP contribution in [0, 0.1) is 5.41 Å². The van der Waals surface area contributed by atoms with Gasteiger partial charge in [0.2, 0.25) is 5.91 Å². The van der Waals surface area contributed by atoms with E-state index in [4.69, 9.17) is 4.74 Å². The van der Waals surface area contributed by atoms with Crippen molar-refractivity contribution < 1.29 is 22.7 Å². The van der Waals surface area contributed by atoms with Crippen molar-refractivity contribution in [3.8, 4) is 0 Å². The van der Waals surface area contributed by atoms with Gasteiger partial charge in [0.05, 0.1) is 18.6 Å². The number of hydrogen-bond donors (Lipinski definition) is 1. The third kappa shape index (κ3) is 4.08. The minimum atomic E-state index is -4.18. The normalized spacial score (nSPS) is 28.1. The third-order valence-corrected chi connectivity index (χ3v) is 4.18. The van der Waals surface area contributed by atoms with Crippen LogP contribution < -0.4 is 5.32 Å². The molecule has 0 aromatic heterocycles. The van der Waals surface area contributed by atoms with Gasteiger partial charge in [-0.2, -0.15) is 13.2 Å². The first-order chi connectivity index (χ1) is 9.86. The number of piperazine rings is 1. The molecule has 0 bridgehead atoms. The summed E-state index contributed by atoms with van der Waals surface area (Å²) in [6.45, 7) is 2.01. The summed E-state index contributed by atoms with van der Waals surface area (Å²) in [5, 5.41) is 3.17. The lowest BCUT2D eigenvalue weighted by molar-refractivity contribution is -0.155. The standard InChI is InChI=1S/C13H22F3N3O2/c1-21-10-12(2-3-17-8-12)11(20)19-6-4-18(5-7-19)9-13(14,15)16/h17H,2-10H2,1H3. The highest BCUT2D eigenvalue weighted by Gasteiger charge is 2.44. The predicted molar refractivity (Wildman–Crippen MR) is 70.9 cm³/mol. The molecule has 2 aliphatic heterocycles. The average molecular weight is 309 g/mol. The molecule has 0 aromatic rings. The van der Waals surface area contributed by atoms with Crippen molar-refractivity contribution in [2.24, 2.45) is 5.41 Å². The summed E-state index contributed by atoms with van der Waals surface area (Å²) >= 11 is 0. The zero-order valence-electron chi connectivity index (χ0n) is 12.2. The molecule has 8 heteroatoms. The minimum Gasteiger partial charge on any atom is -0.384 e. The molecule has 2 rings (SSSR count). The molecular formula is C13H22F3N3O2. The smallest absolute Gasteiger partial charge is 0.384 e. The van der Waals surface area contributed by atoms with E-state index in [9.17, 15) is 18.0 Å². The molecule has 1 atom stereocenters. The summed E-state index contributed by atoms with van der Waals surface area (Å²) in [5.41, 5.74) is -0.555. The van der Waals surface area contributed by atoms with Crippen molar-refractivity contribution in [3.63, 3.8) is 0 Å². The van der Waals surface area contributed by atoms with Gasteiger partial charge in [0, 0.05) is 39.8 Å². The van der Waals surface area contributed by atoms with E-state index in [0.717, 1.165) is 6.54 Å². The molecule has 0 aromatic carbocycles. The summed E-state index contributed by atoms with van der Waals surface area (Å²) < 4.78 is 42.2. The van der Waals surface area contributed by atoms with E-state index < -0.39 is 18.1 Å². The summed E-state index contributed by atoms with van der Waals surface area (Å²) in [5.74, 6) is 0.000934. The van der Waals surface area contributed by atoms with Gasteiger partial charge in [-0.15, -0.1) is 0 Å². The fourth-order valence-electron chi connectivity index (χ4n) is 3.09. The molecule has 0 saturated carbocycles. The summed E-state index contributed by atoms with van der Waals surface area (Å²) in [6, 6.07) is 0. The van der Waals surface area contributed by atoms with Crippen LogP contribution in [0.25, 0.3) is 0 Å². The lowest BCUT2D eigenvalue weighted by Crippen LogP contribution is -2.56. The summed E-state index contributed by atoms with van der Waals surface area (Å²) in [4.78, 5) is 15.7. The maximum absolute atomic E-state index is 12.7. The number of ether oxygens (including phenoxy) is 1. The summed E-state index contributed by atoms with van der Waals surface area (Å²) in [7, 11) is 1.56. The first-order valence-electron chi connectivity index (χ1n) is 7.14. The maximum Gasteiger partial charge on any atom is 0.401 e. The molecule has 2 heterocycles. The van der Waals surface area contributed by atoms with Crippen LogP contribution in [0.15, 0.2) is 0 Å². The Morgan fingerprint density at radius 2 is 1.95 bits per heavy atom. The Balaban J connectivity index is 1.90. The molecule has 0 aliphatic carbocycles. The quantitative estimate of drug-likeness (QED) is 0.812. The van der Waals surface area contributed by atoms with Crippen LogP contribution in [-0.2, 0) is 9.53 Å². The predicted octanol–water partition coefficient (Wildman–Crippen LogP) is 0.319. The van der Waals surface area contributed by atoms with Crippen molar-refractivity contribution >= 4 is 5.91 Å². The van der Waals surface area contributed by atoms with Crippen LogP contribution in [0.1, 0.15) is 6.42 Å². The van der Waals surface area contributed by atoms with Gasteiger partial charge in [0.1, 0.15) is 0 Å². The van der Waals surface area contributed by atoms with Crippen molar-refractivity contribution in [2.75, 3.05) is 59.5 Å². The van der Waals surface area contributed by atoms with E-state index in [-0.39, 0.29) is 19.0 Å². The van der Waals surface area contributed by atoms with Crippen molar-refractivity contribution in [3.05, 3.63) is 0 Å². The zero-order valence-corrected chi connectivity index (χ0v) is 12.2. The van der Waals surface area contributed by atoms with Gasteiger partial charge in [0.25, 0.3) is 0 Å². The Labute approximate surface area is 122 Å². The second kappa shape index (κ2) is 6.50. The van der Waals surface area contributed by atoms with Crippen molar-refractivity contribution in [1.82, 2.24) is 15.1 Å². The van der Waals surface area contributed by atoms with E-state index in [2.05, 4.69) is 5.32 Å². The second-order valence-corrected chi connectivity index (χ2v) is 5.82. The lowest BCUT2D eigenvalue weighted by Gasteiger charge is -2.39. The second-order valence-electron chi connectivity index (χ2n) is 5.82. The summed E-state index contributed by atoms with van der Waals surface area (Å²) in [6.07, 6.45) is -3.47. The van der Waals surface area contributed by atoms with Gasteiger partial charge in [-0.25, -0.2) is 0 Å². The van der Waals surface area contributed by atoms with Crippen LogP contribution in [0.2, 0.25) is 0 Å². The average Bonchev–Trinajstić information content (AvgIpc) is 2.87. The molecule has 2 fully saturated rings. The topological polar surface area (TPSA) is 44.8 Å². The van der Waals surface area contributed by atoms with Crippen LogP contribution >= 0.6 is 0 Å². The Kier molecular flexibility index (Phi) is 5.11. The molecule has 2 saturated heterocycles. The van der Waals surface area contributed by atoms with Gasteiger partial charge < -0.3 is 15.0 Å². The molecule has 0 spiro atoms. The van der Waals surface area contributed by atoms with Crippen LogP contribution in [0.3, 0.4) is 0 Å². The van der Waals surface area contributed by atoms with Crippen LogP contribution in [0.4, 0.5) is 13.2 Å². The third-order valence-electron chi connectivity index (χ3n) is 4.18. The number of carbonyl (C=O) groups excluding carboxylic acids is 1. The van der Waals surface area contributed by atoms with Gasteiger partial charge in [-0.05, 0) is 13.0 Å². The highest BCUT2D eigenvalue weighted by atomic mass is 19.4. The van der Waals surface area contributed by atoms with Crippen LogP contribution in [0.5, 0.6) is 0 Å². The SMILES string of the molecule is COCC1(C(=O)N2CCN(CC(F)(F)F)CC2)CCNC1. The molecule has 122 valence electrons. The molecule has 0 radical (unpaired) electrons. The molecule has 1 amide bonds. The van der Waals surface area contributed by atoms with E-state index in [1.165, 1.54) is 4.90 Å². The van der Waals surface area contributed by atoms with Crippen molar-refractivity contribution in [2.45, 2.75) is 12.6 Å². The van der Waals surface area contributed by atoms with E-state index in [1.807, 2.05) is 0 Å². The Hall–Kier alpha value is -0.860. The number of rotatable bonds is 4. The van der Waals surface area contributed by atoms with Crippen molar-refractivity contribution in [1.29, 1.82) is 0 Å². The largest absolute Gasteiger partial charge is 0.401 e. The van der Waals surface area contributed by atoms with E-state index >= 15 is 0 Å². The van der Waals surface area contributed by atoms with Gasteiger partial charge in [-0.3, -0.25) is 9.69 Å². The van der Waals surface area contributed by atoms with Gasteiger partial charge >= 0.3 is 6.18 Å². The highest BCUT2D eigenvalue weighted by molar-refractivity contribution is 5.83. The van der Waals surface area contributed by atoms with Crippen LogP contribution in [-0.4, -0.2) is 81.4 Å². The number of alkyl halides is 3. The first-order valence-corrected chi connectivity index (χ1v) is 7.14. The van der Waals surface area contributed by atoms with Gasteiger partial charge in [0.15, 0.2) is 0 Å². The monoisotopic (exact) mass is 309 g/mol. The number of amides is 1. The molecular weight excluding hydrogens is 287 g/mol. The fraction of sp³-hybridized carbons (Fsp3) is 0.923. The number of methoxy groups -OCH3 is 1. The Morgan fingerprint density at radius 3 is 2.43 bits per heavy atom. The van der Waals surface area contributed by atoms with E-state index in [1.54, 1.807) is 12.0 Å². The van der Waals surface area contributed by atoms with Gasteiger partial charge in [-0.1, -0.05) is 0 Å². The number of halogens is 3. The molecule has 1 N–H and O–H groups in total. The lowest BCUT2D eigenvalue weighted by atomic mass is 9.86. The first kappa shape index (κ1) is 16.5. The maximum atomic E-state index is 12.7. The highest BCUT2D eigenvalue weighted by Crippen LogP contribution is 2.29. The number of carbonyl (C=O) groups is 1. The number of nitrogens with zero attached hydrogens (tertiary/aromatic N) is 2. The molecule has 5 nitrogen and oxygen atoms in total. The fourth-order valence-corrected chi connectivity index (χ4v) is 3.09. The molecule has 1 unspecified atom stereocenters. The molecule has 2 aliphatic rings. The minimum absolute atomic E-state index is 0.000934. The number of hydrogen-bond acceptors (Lipinski definition) is 4. The van der Waals surface area contributed by atoms with E-state index in [0.29, 0.717) is 32.7 Å². The zero-order chi connectivity index (χ0) is 15.5. The number of nitrogens with one attached hydrogen (secondary N) is 1. The molecule has 21 heavy (non-hydrogen) atoms. The Bertz CT molecular complexity index is 362.